The molecule has 0 saturated heterocycles. The van der Waals surface area contributed by atoms with Crippen LogP contribution in [0.25, 0.3) is 0 Å². The van der Waals surface area contributed by atoms with Crippen molar-refractivity contribution in [1.82, 2.24) is 0 Å². The average Bonchev–Trinajstić information content (AvgIpc) is 2.17. The molecular formula is C8H20P2Se3. The van der Waals surface area contributed by atoms with Gasteiger partial charge in [0.1, 0.15) is 0 Å². The standard InChI is InChI=1S/C8H20P2Se3/c1-5-9(11,6-2)13-10(12,7-3)8-4/h5-8H2,1-4H3. The Balaban J connectivity index is 4.57. The van der Waals surface area contributed by atoms with Gasteiger partial charge in [0.05, 0.1) is 0 Å². The molecule has 0 unspecified atom stereocenters. The van der Waals surface area contributed by atoms with Crippen LogP contribution in [0.4, 0.5) is 0 Å². The molecule has 0 aromatic heterocycles. The van der Waals surface area contributed by atoms with E-state index < -0.39 is 8.40 Å². The van der Waals surface area contributed by atoms with Crippen LogP contribution in [-0.2, 0) is 0 Å². The topological polar surface area (TPSA) is 0 Å². The molecule has 0 saturated carbocycles. The fourth-order valence-corrected chi connectivity index (χ4v) is 59.9. The van der Waals surface area contributed by atoms with Gasteiger partial charge in [0.15, 0.2) is 0 Å². The predicted octanol–water partition coefficient (Wildman–Crippen LogP) is 2.80. The van der Waals surface area contributed by atoms with Crippen molar-refractivity contribution < 1.29 is 0 Å². The van der Waals surface area contributed by atoms with E-state index in [1.807, 2.05) is 0 Å². The molecule has 0 spiro atoms. The van der Waals surface area contributed by atoms with Crippen LogP contribution in [0.15, 0.2) is 0 Å². The summed E-state index contributed by atoms with van der Waals surface area (Å²) in [6, 6.07) is 0. The summed E-state index contributed by atoms with van der Waals surface area (Å²) in [6.45, 7) is 9.47. The average molecular weight is 415 g/mol. The third-order valence-corrected chi connectivity index (χ3v) is 45.8. The van der Waals surface area contributed by atoms with Gasteiger partial charge in [-0.2, -0.15) is 0 Å². The van der Waals surface area contributed by atoms with Crippen molar-refractivity contribution in [2.75, 3.05) is 24.6 Å². The maximum atomic E-state index is 3.56. The summed E-state index contributed by atoms with van der Waals surface area (Å²) in [6.07, 6.45) is 5.64. The monoisotopic (exact) mass is 418 g/mol. The van der Waals surface area contributed by atoms with Gasteiger partial charge in [-0.25, -0.2) is 0 Å². The van der Waals surface area contributed by atoms with Crippen LogP contribution >= 0.6 is 8.40 Å². The molecule has 0 aliphatic heterocycles. The third-order valence-electron chi connectivity index (χ3n) is 2.22. The van der Waals surface area contributed by atoms with Crippen molar-refractivity contribution in [3.05, 3.63) is 0 Å². The Morgan fingerprint density at radius 2 is 1.00 bits per heavy atom. The van der Waals surface area contributed by atoms with Gasteiger partial charge in [0.25, 0.3) is 0 Å². The molecule has 0 heterocycles. The third kappa shape index (κ3) is 5.33. The molecule has 0 rings (SSSR count). The van der Waals surface area contributed by atoms with Gasteiger partial charge in [0.2, 0.25) is 0 Å². The first-order valence-electron chi connectivity index (χ1n) is 4.82. The summed E-state index contributed by atoms with van der Waals surface area (Å²) in [7, 11) is 0. The quantitative estimate of drug-likeness (QED) is 0.463. The van der Waals surface area contributed by atoms with Crippen LogP contribution in [0.1, 0.15) is 27.7 Å². The second-order valence-corrected chi connectivity index (χ2v) is 37.1. The van der Waals surface area contributed by atoms with Gasteiger partial charge in [-0.15, -0.1) is 0 Å². The first-order valence-corrected chi connectivity index (χ1v) is 18.0. The normalized spacial score (nSPS) is 13.2. The van der Waals surface area contributed by atoms with Crippen LogP contribution in [0.5, 0.6) is 0 Å². The zero-order chi connectivity index (χ0) is 10.5. The molecule has 0 nitrogen and oxygen atoms in total. The zero-order valence-electron chi connectivity index (χ0n) is 8.95. The predicted molar refractivity (Wildman–Crippen MR) is 73.3 cm³/mol. The maximum absolute atomic E-state index is 3.56. The zero-order valence-corrected chi connectivity index (χ0v) is 15.9. The summed E-state index contributed by atoms with van der Waals surface area (Å²) in [5, 5.41) is 0. The molecule has 0 bridgehead atoms. The van der Waals surface area contributed by atoms with Gasteiger partial charge in [-0.3, -0.25) is 0 Å². The van der Waals surface area contributed by atoms with Gasteiger partial charge < -0.3 is 0 Å². The van der Waals surface area contributed by atoms with Crippen LogP contribution in [0.2, 0.25) is 0 Å². The van der Waals surface area contributed by atoms with Crippen LogP contribution in [0, 0.1) is 0 Å². The van der Waals surface area contributed by atoms with Gasteiger partial charge >= 0.3 is 105 Å². The molecule has 0 aromatic carbocycles. The van der Waals surface area contributed by atoms with Gasteiger partial charge in [0, 0.05) is 0 Å². The van der Waals surface area contributed by atoms with E-state index in [1.165, 1.54) is 24.6 Å². The molecular weight excluding hydrogens is 395 g/mol. The van der Waals surface area contributed by atoms with Crippen LogP contribution < -0.4 is 0 Å². The van der Waals surface area contributed by atoms with Crippen LogP contribution in [-0.4, -0.2) is 68.9 Å². The minimum atomic E-state index is -0.630. The Hall–Kier alpha value is 2.42. The number of hydrogen-bond donors (Lipinski definition) is 0. The van der Waals surface area contributed by atoms with Crippen molar-refractivity contribution in [2.24, 2.45) is 0 Å². The first kappa shape index (κ1) is 15.4. The summed E-state index contributed by atoms with van der Waals surface area (Å²) in [4.78, 5) is 0. The van der Waals surface area contributed by atoms with E-state index in [4.69, 9.17) is 0 Å². The molecule has 0 aliphatic rings. The molecule has 0 aromatic rings. The molecule has 0 fully saturated rings. The van der Waals surface area contributed by atoms with E-state index in [-0.39, 0.29) is 0 Å². The summed E-state index contributed by atoms with van der Waals surface area (Å²) >= 11 is 8.02. The molecule has 0 aliphatic carbocycles. The van der Waals surface area contributed by atoms with Crippen molar-refractivity contribution in [3.63, 3.8) is 0 Å². The second kappa shape index (κ2) is 6.88. The van der Waals surface area contributed by atoms with E-state index in [0.717, 1.165) is 14.1 Å². The minimum absolute atomic E-state index is 0.630. The SMILES string of the molecule is CCP(=[Se])(CC)[Se]P(=[Se])(CC)CC. The molecule has 80 valence electrons. The molecule has 0 radical (unpaired) electrons. The van der Waals surface area contributed by atoms with Crippen molar-refractivity contribution >= 4 is 52.7 Å². The Morgan fingerprint density at radius 1 is 0.769 bits per heavy atom. The summed E-state index contributed by atoms with van der Waals surface area (Å²) < 4.78 is -1.26. The second-order valence-electron chi connectivity index (χ2n) is 2.98. The fourth-order valence-electron chi connectivity index (χ4n) is 0.949. The first-order chi connectivity index (χ1) is 5.95. The Morgan fingerprint density at radius 3 is 1.15 bits per heavy atom. The molecule has 0 atom stereocenters. The van der Waals surface area contributed by atoms with Gasteiger partial charge in [-0.1, -0.05) is 0 Å². The summed E-state index contributed by atoms with van der Waals surface area (Å²) in [5.41, 5.74) is 0. The van der Waals surface area contributed by atoms with Crippen molar-refractivity contribution in [1.29, 1.82) is 0 Å². The Bertz CT molecular complexity index is 198. The van der Waals surface area contributed by atoms with E-state index in [1.54, 1.807) is 0 Å². The molecule has 5 heteroatoms. The molecule has 13 heavy (non-hydrogen) atoms. The van der Waals surface area contributed by atoms with Crippen LogP contribution in [0.3, 0.4) is 0 Å². The van der Waals surface area contributed by atoms with E-state index in [0.29, 0.717) is 0 Å². The number of hydrogen-bond acceptors (Lipinski definition) is 0. The fraction of sp³-hybridized carbons (Fsp3) is 1.00. The Kier molecular flexibility index (Phi) is 8.17. The van der Waals surface area contributed by atoms with Crippen molar-refractivity contribution in [3.8, 4) is 0 Å². The Labute approximate surface area is 104 Å². The van der Waals surface area contributed by atoms with E-state index in [9.17, 15) is 0 Å². The summed E-state index contributed by atoms with van der Waals surface area (Å²) in [5.74, 6) is 0. The van der Waals surface area contributed by atoms with E-state index in [2.05, 4.69) is 57.9 Å². The molecule has 0 N–H and O–H groups in total. The van der Waals surface area contributed by atoms with E-state index >= 15 is 0 Å². The van der Waals surface area contributed by atoms with Crippen molar-refractivity contribution in [2.45, 2.75) is 27.7 Å². The molecule has 0 amide bonds. The van der Waals surface area contributed by atoms with Gasteiger partial charge in [-0.05, 0) is 0 Å². The number of rotatable bonds is 6.